The minimum absolute atomic E-state index is 0.0996. The van der Waals surface area contributed by atoms with Crippen LogP contribution in [0.15, 0.2) is 24.9 Å². The molecule has 0 aliphatic carbocycles. The molecule has 0 aliphatic heterocycles. The molecule has 0 amide bonds. The van der Waals surface area contributed by atoms with Crippen molar-refractivity contribution in [2.24, 2.45) is 7.05 Å². The molecule has 4 heterocycles. The summed E-state index contributed by atoms with van der Waals surface area (Å²) in [6.07, 6.45) is 6.82. The molecule has 0 fully saturated rings. The molecule has 0 saturated heterocycles. The van der Waals surface area contributed by atoms with E-state index in [1.165, 1.54) is 0 Å². The summed E-state index contributed by atoms with van der Waals surface area (Å²) in [6, 6.07) is 0. The van der Waals surface area contributed by atoms with E-state index in [0.717, 1.165) is 22.5 Å². The second kappa shape index (κ2) is 4.77. The Balaban J connectivity index is 1.74. The van der Waals surface area contributed by atoms with Crippen molar-refractivity contribution >= 4 is 28.3 Å². The van der Waals surface area contributed by atoms with Crippen LogP contribution in [0.25, 0.3) is 16.7 Å². The number of hydrogen-bond donors (Lipinski definition) is 0. The lowest BCUT2D eigenvalue weighted by atomic mass is 10.2. The molecule has 0 N–H and O–H groups in total. The minimum Gasteiger partial charge on any atom is -0.270 e. The Morgan fingerprint density at radius 3 is 2.86 bits per heavy atom. The molecule has 0 radical (unpaired) electrons. The van der Waals surface area contributed by atoms with E-state index in [1.54, 1.807) is 38.8 Å². The summed E-state index contributed by atoms with van der Waals surface area (Å²) in [4.78, 5) is 9.00. The summed E-state index contributed by atoms with van der Waals surface area (Å²) in [6.45, 7) is 2.71. The van der Waals surface area contributed by atoms with E-state index in [1.807, 2.05) is 7.05 Å². The Labute approximate surface area is 130 Å². The molecule has 0 aromatic carbocycles. The molecule has 9 heteroatoms. The first-order valence-electron chi connectivity index (χ1n) is 6.83. The van der Waals surface area contributed by atoms with Crippen LogP contribution in [0, 0.1) is 0 Å². The first kappa shape index (κ1) is 13.2. The molecule has 1 unspecified atom stereocenters. The third kappa shape index (κ3) is 2.03. The lowest BCUT2D eigenvalue weighted by Gasteiger charge is -2.06. The zero-order chi connectivity index (χ0) is 15.3. The average Bonchev–Trinajstić information content (AvgIpc) is 3.17. The summed E-state index contributed by atoms with van der Waals surface area (Å²) >= 11 is 5.89. The van der Waals surface area contributed by atoms with Gasteiger partial charge in [-0.1, -0.05) is 18.5 Å². The van der Waals surface area contributed by atoms with Gasteiger partial charge in [0.1, 0.15) is 6.33 Å². The van der Waals surface area contributed by atoms with Crippen LogP contribution in [0.3, 0.4) is 0 Å². The summed E-state index contributed by atoms with van der Waals surface area (Å²) in [7, 11) is 1.85. The van der Waals surface area contributed by atoms with Gasteiger partial charge in [0.25, 0.3) is 0 Å². The van der Waals surface area contributed by atoms with Crippen molar-refractivity contribution in [1.82, 2.24) is 39.1 Å². The molecule has 4 aromatic heterocycles. The van der Waals surface area contributed by atoms with Crippen molar-refractivity contribution < 1.29 is 0 Å². The largest absolute Gasteiger partial charge is 0.270 e. The van der Waals surface area contributed by atoms with Crippen LogP contribution in [0.2, 0.25) is 5.02 Å². The van der Waals surface area contributed by atoms with Crippen molar-refractivity contribution in [2.75, 3.05) is 0 Å². The van der Waals surface area contributed by atoms with Crippen molar-refractivity contribution in [2.45, 2.75) is 19.4 Å². The third-order valence-corrected chi connectivity index (χ3v) is 3.78. The molecule has 4 rings (SSSR count). The molecule has 1 atom stereocenters. The lowest BCUT2D eigenvalue weighted by molar-refractivity contribution is 0.524. The van der Waals surface area contributed by atoms with Gasteiger partial charge in [-0.2, -0.15) is 10.2 Å². The quantitative estimate of drug-likeness (QED) is 0.574. The zero-order valence-corrected chi connectivity index (χ0v) is 12.8. The minimum atomic E-state index is 0.0996. The Bertz CT molecular complexity index is 965. The van der Waals surface area contributed by atoms with Crippen LogP contribution in [-0.2, 0) is 13.6 Å². The molecule has 4 aromatic rings. The van der Waals surface area contributed by atoms with Crippen LogP contribution in [0.1, 0.15) is 18.7 Å². The molecule has 0 bridgehead atoms. The van der Waals surface area contributed by atoms with E-state index in [9.17, 15) is 0 Å². The van der Waals surface area contributed by atoms with Crippen LogP contribution in [0.4, 0.5) is 0 Å². The Morgan fingerprint density at radius 2 is 2.09 bits per heavy atom. The second-order valence-electron chi connectivity index (χ2n) is 5.27. The Morgan fingerprint density at radius 1 is 1.23 bits per heavy atom. The number of hydrogen-bond acceptors (Lipinski definition) is 5. The highest BCUT2D eigenvalue weighted by molar-refractivity contribution is 6.30. The number of rotatable bonds is 3. The summed E-state index contributed by atoms with van der Waals surface area (Å²) in [5.41, 5.74) is 1.55. The van der Waals surface area contributed by atoms with Gasteiger partial charge < -0.3 is 0 Å². The van der Waals surface area contributed by atoms with E-state index in [-0.39, 0.29) is 5.92 Å². The molecule has 0 saturated carbocycles. The first-order valence-corrected chi connectivity index (χ1v) is 7.20. The lowest BCUT2D eigenvalue weighted by Crippen LogP contribution is -2.08. The normalized spacial score (nSPS) is 13.2. The number of fused-ring (bicyclic) bond motifs is 3. The number of nitrogens with zero attached hydrogens (tertiary/aromatic N) is 8. The monoisotopic (exact) mass is 316 g/mol. The maximum atomic E-state index is 5.89. The Hall–Kier alpha value is -2.48. The van der Waals surface area contributed by atoms with Gasteiger partial charge in [0.05, 0.1) is 29.3 Å². The van der Waals surface area contributed by atoms with Gasteiger partial charge in [0.15, 0.2) is 17.1 Å². The number of halogens is 1. The van der Waals surface area contributed by atoms with Crippen LogP contribution < -0.4 is 0 Å². The van der Waals surface area contributed by atoms with E-state index in [0.29, 0.717) is 11.6 Å². The van der Waals surface area contributed by atoms with Crippen LogP contribution in [-0.4, -0.2) is 39.1 Å². The maximum absolute atomic E-state index is 5.89. The van der Waals surface area contributed by atoms with E-state index in [2.05, 4.69) is 32.2 Å². The smallest absolute Gasteiger partial charge is 0.170 e. The molecule has 0 aliphatic rings. The second-order valence-corrected chi connectivity index (χ2v) is 5.71. The first-order chi connectivity index (χ1) is 10.6. The van der Waals surface area contributed by atoms with Gasteiger partial charge in [-0.05, 0) is 0 Å². The highest BCUT2D eigenvalue weighted by Gasteiger charge is 2.16. The van der Waals surface area contributed by atoms with Gasteiger partial charge in [0, 0.05) is 19.2 Å². The van der Waals surface area contributed by atoms with Crippen LogP contribution in [0.5, 0.6) is 0 Å². The summed E-state index contributed by atoms with van der Waals surface area (Å²) in [5, 5.41) is 14.4. The van der Waals surface area contributed by atoms with Gasteiger partial charge >= 0.3 is 0 Å². The SMILES string of the molecule is CC(Cn1cc(Cl)cn1)c1nc2c3cnn(C)c3ncn2n1. The van der Waals surface area contributed by atoms with Gasteiger partial charge in [-0.15, -0.1) is 5.10 Å². The Kier molecular flexibility index (Phi) is 2.86. The molecule has 0 spiro atoms. The van der Waals surface area contributed by atoms with E-state index >= 15 is 0 Å². The zero-order valence-electron chi connectivity index (χ0n) is 12.0. The summed E-state index contributed by atoms with van der Waals surface area (Å²) < 4.78 is 5.20. The number of aromatic nitrogens is 8. The molecule has 8 nitrogen and oxygen atoms in total. The fraction of sp³-hybridized carbons (Fsp3) is 0.308. The van der Waals surface area contributed by atoms with Crippen molar-refractivity contribution in [3.05, 3.63) is 35.8 Å². The van der Waals surface area contributed by atoms with E-state index in [4.69, 9.17) is 11.6 Å². The predicted molar refractivity (Wildman–Crippen MR) is 80.7 cm³/mol. The van der Waals surface area contributed by atoms with E-state index < -0.39 is 0 Å². The predicted octanol–water partition coefficient (Wildman–Crippen LogP) is 1.66. The maximum Gasteiger partial charge on any atom is 0.170 e. The highest BCUT2D eigenvalue weighted by atomic mass is 35.5. The van der Waals surface area contributed by atoms with Gasteiger partial charge in [0.2, 0.25) is 0 Å². The fourth-order valence-corrected chi connectivity index (χ4v) is 2.62. The topological polar surface area (TPSA) is 78.7 Å². The van der Waals surface area contributed by atoms with Crippen molar-refractivity contribution in [3.8, 4) is 0 Å². The summed E-state index contributed by atoms with van der Waals surface area (Å²) in [5.74, 6) is 0.840. The third-order valence-electron chi connectivity index (χ3n) is 3.59. The standard InChI is InChI=1S/C13H13ClN8/c1-8(5-21-6-9(14)3-17-21)11-18-13-10-4-16-20(2)12(10)15-7-22(13)19-11/h3-4,6-8H,5H2,1-2H3. The molecule has 22 heavy (non-hydrogen) atoms. The highest BCUT2D eigenvalue weighted by Crippen LogP contribution is 2.19. The molecular formula is C13H13ClN8. The van der Waals surface area contributed by atoms with Crippen molar-refractivity contribution in [3.63, 3.8) is 0 Å². The van der Waals surface area contributed by atoms with Gasteiger partial charge in [-0.3, -0.25) is 9.36 Å². The molecular weight excluding hydrogens is 304 g/mol. The number of aryl methyl sites for hydroxylation is 1. The van der Waals surface area contributed by atoms with Gasteiger partial charge in [-0.25, -0.2) is 14.5 Å². The van der Waals surface area contributed by atoms with Crippen molar-refractivity contribution in [1.29, 1.82) is 0 Å². The molecule has 112 valence electrons. The average molecular weight is 317 g/mol. The fourth-order valence-electron chi connectivity index (χ4n) is 2.46. The van der Waals surface area contributed by atoms with Crippen LogP contribution >= 0.6 is 11.6 Å².